The Morgan fingerprint density at radius 1 is 1.29 bits per heavy atom. The molecule has 14 heteroatoms. The number of carbonyl (C=O) groups excluding carboxylic acids is 2. The van der Waals surface area contributed by atoms with E-state index < -0.39 is 34.0 Å². The Kier molecular flexibility index (Phi) is 7.51. The first-order valence-corrected chi connectivity index (χ1v) is 10.2. The number of nitro groups is 1. The average Bonchev–Trinajstić information content (AvgIpc) is 3.12. The third kappa shape index (κ3) is 6.29. The molecular weight excluding hydrogens is 481 g/mol. The number of amides is 1. The molecule has 1 saturated heterocycles. The lowest BCUT2D eigenvalue weighted by molar-refractivity contribution is -0.384. The van der Waals surface area contributed by atoms with Gasteiger partial charge in [-0.05, 0) is 29.8 Å². The highest BCUT2D eigenvalue weighted by molar-refractivity contribution is 7.81. The van der Waals surface area contributed by atoms with Crippen LogP contribution in [-0.4, -0.2) is 46.0 Å². The van der Waals surface area contributed by atoms with Gasteiger partial charge in [0.25, 0.3) is 5.69 Å². The molecule has 1 fully saturated rings. The Morgan fingerprint density at radius 2 is 2.00 bits per heavy atom. The van der Waals surface area contributed by atoms with E-state index in [-0.39, 0.29) is 30.9 Å². The van der Waals surface area contributed by atoms with Gasteiger partial charge in [0.15, 0.2) is 11.9 Å². The second kappa shape index (κ2) is 10.2. The molecule has 1 aliphatic heterocycles. The molecule has 0 spiro atoms. The normalized spacial score (nSPS) is 20.0. The number of nitrogens with one attached hydrogen (secondary N) is 2. The minimum Gasteiger partial charge on any atom is -0.444 e. The van der Waals surface area contributed by atoms with Crippen LogP contribution < -0.4 is 15.6 Å². The van der Waals surface area contributed by atoms with Crippen LogP contribution in [0.25, 0.3) is 0 Å². The summed E-state index contributed by atoms with van der Waals surface area (Å²) in [7, 11) is 0. The number of alkyl halides is 3. The minimum atomic E-state index is -4.87. The van der Waals surface area contributed by atoms with Crippen molar-refractivity contribution in [2.45, 2.75) is 30.3 Å². The highest BCUT2D eigenvalue weighted by atomic mass is 32.1. The number of benzene rings is 2. The maximum absolute atomic E-state index is 12.7. The molecule has 34 heavy (non-hydrogen) atoms. The zero-order valence-corrected chi connectivity index (χ0v) is 18.2. The number of likely N-dealkylation sites (tertiary alicyclic amines) is 1. The van der Waals surface area contributed by atoms with Crippen LogP contribution in [-0.2, 0) is 16.1 Å². The number of hydrogen-bond donors (Lipinski definition) is 3. The number of carbonyl (C=O) groups is 2. The Hall–Kier alpha value is -3.52. The molecule has 1 amide bonds. The summed E-state index contributed by atoms with van der Waals surface area (Å²) in [5.74, 6) is -0.475. The monoisotopic (exact) mass is 500 g/mol. The highest BCUT2D eigenvalue weighted by Crippen LogP contribution is 2.30. The molecule has 182 valence electrons. The first-order valence-electron chi connectivity index (χ1n) is 9.72. The van der Waals surface area contributed by atoms with Gasteiger partial charge in [0.1, 0.15) is 12.4 Å². The number of anilines is 1. The number of non-ortho nitro benzene ring substituents is 1. The molecule has 2 N–H and O–H groups in total. The lowest BCUT2D eigenvalue weighted by Gasteiger charge is -2.34. The van der Waals surface area contributed by atoms with Crippen molar-refractivity contribution in [3.63, 3.8) is 0 Å². The van der Waals surface area contributed by atoms with E-state index in [0.717, 1.165) is 17.0 Å². The predicted molar refractivity (Wildman–Crippen MR) is 116 cm³/mol. The molecule has 2 atom stereocenters. The summed E-state index contributed by atoms with van der Waals surface area (Å²) < 4.78 is 46.5. The largest absolute Gasteiger partial charge is 0.573 e. The SMILES string of the molecule is O=C[C@@]1(NNc2cccc(OC(F)(F)F)c2)C[C@H](S)CN1C(=O)OCc1ccc([N+](=O)[O-])cc1. The van der Waals surface area contributed by atoms with Crippen LogP contribution >= 0.6 is 12.6 Å². The van der Waals surface area contributed by atoms with Gasteiger partial charge >= 0.3 is 12.5 Å². The topological polar surface area (TPSA) is 123 Å². The summed E-state index contributed by atoms with van der Waals surface area (Å²) in [6, 6.07) is 10.3. The van der Waals surface area contributed by atoms with Gasteiger partial charge in [-0.15, -0.1) is 13.2 Å². The number of thiol groups is 1. The van der Waals surface area contributed by atoms with E-state index in [1.807, 2.05) is 0 Å². The van der Waals surface area contributed by atoms with Crippen LogP contribution in [0.15, 0.2) is 48.5 Å². The zero-order valence-electron chi connectivity index (χ0n) is 17.3. The van der Waals surface area contributed by atoms with Gasteiger partial charge < -0.3 is 14.9 Å². The van der Waals surface area contributed by atoms with Gasteiger partial charge in [0, 0.05) is 36.4 Å². The second-order valence-electron chi connectivity index (χ2n) is 7.31. The Morgan fingerprint density at radius 3 is 2.62 bits per heavy atom. The van der Waals surface area contributed by atoms with E-state index in [1.165, 1.54) is 36.4 Å². The Labute approximate surface area is 196 Å². The first-order chi connectivity index (χ1) is 16.0. The minimum absolute atomic E-state index is 0.0485. The molecule has 1 heterocycles. The number of hydrazine groups is 1. The quantitative estimate of drug-likeness (QED) is 0.217. The lowest BCUT2D eigenvalue weighted by atomic mass is 10.1. The van der Waals surface area contributed by atoms with Crippen molar-refractivity contribution >= 4 is 36.4 Å². The third-order valence-electron chi connectivity index (χ3n) is 4.84. The average molecular weight is 500 g/mol. The van der Waals surface area contributed by atoms with Crippen LogP contribution in [0.3, 0.4) is 0 Å². The van der Waals surface area contributed by atoms with Crippen molar-refractivity contribution in [3.8, 4) is 5.75 Å². The van der Waals surface area contributed by atoms with Gasteiger partial charge in [-0.1, -0.05) is 6.07 Å². The Bertz CT molecular complexity index is 1060. The molecule has 0 aliphatic carbocycles. The fourth-order valence-electron chi connectivity index (χ4n) is 3.29. The zero-order chi connectivity index (χ0) is 24.9. The number of ether oxygens (including phenoxy) is 2. The standard InChI is InChI=1S/C20H19F3N4O6S/c21-20(22,23)33-16-3-1-2-14(8-16)24-25-19(12-28)9-17(34)10-26(19)18(29)32-11-13-4-6-15(7-5-13)27(30)31/h1-8,12,17,24-25,34H,9-11H2/t17-,19+/m0/s1. The van der Waals surface area contributed by atoms with E-state index in [0.29, 0.717) is 11.8 Å². The fraction of sp³-hybridized carbons (Fsp3) is 0.300. The molecule has 0 saturated carbocycles. The van der Waals surface area contributed by atoms with Gasteiger partial charge in [-0.2, -0.15) is 12.6 Å². The summed E-state index contributed by atoms with van der Waals surface area (Å²) in [6.45, 7) is -0.156. The lowest BCUT2D eigenvalue weighted by Crippen LogP contribution is -2.60. The van der Waals surface area contributed by atoms with Crippen molar-refractivity contribution in [1.82, 2.24) is 10.3 Å². The number of nitro benzene ring substituents is 1. The van der Waals surface area contributed by atoms with Crippen molar-refractivity contribution in [3.05, 3.63) is 64.2 Å². The number of aldehydes is 1. The van der Waals surface area contributed by atoms with E-state index >= 15 is 0 Å². The van der Waals surface area contributed by atoms with Crippen LogP contribution in [0.1, 0.15) is 12.0 Å². The molecule has 10 nitrogen and oxygen atoms in total. The summed E-state index contributed by atoms with van der Waals surface area (Å²) >= 11 is 4.34. The summed E-state index contributed by atoms with van der Waals surface area (Å²) in [5.41, 5.74) is 4.22. The van der Waals surface area contributed by atoms with Crippen LogP contribution in [0.2, 0.25) is 0 Å². The van der Waals surface area contributed by atoms with Crippen molar-refractivity contribution < 1.29 is 37.2 Å². The summed E-state index contributed by atoms with van der Waals surface area (Å²) in [5, 5.41) is 10.3. The second-order valence-corrected chi connectivity index (χ2v) is 8.04. The van der Waals surface area contributed by atoms with Crippen LogP contribution in [0, 0.1) is 10.1 Å². The van der Waals surface area contributed by atoms with Gasteiger partial charge in [0.2, 0.25) is 0 Å². The van der Waals surface area contributed by atoms with Gasteiger partial charge in [-0.25, -0.2) is 10.2 Å². The maximum atomic E-state index is 12.7. The molecule has 3 rings (SSSR count). The first kappa shape index (κ1) is 25.1. The van der Waals surface area contributed by atoms with E-state index in [2.05, 4.69) is 28.2 Å². The molecule has 2 aromatic carbocycles. The van der Waals surface area contributed by atoms with Crippen molar-refractivity contribution in [2.24, 2.45) is 0 Å². The van der Waals surface area contributed by atoms with E-state index in [9.17, 15) is 32.9 Å². The van der Waals surface area contributed by atoms with Crippen molar-refractivity contribution in [2.75, 3.05) is 12.0 Å². The molecule has 2 aromatic rings. The van der Waals surface area contributed by atoms with E-state index in [4.69, 9.17) is 4.74 Å². The number of nitrogens with zero attached hydrogens (tertiary/aromatic N) is 2. The predicted octanol–water partition coefficient (Wildman–Crippen LogP) is 3.65. The number of halogens is 3. The van der Waals surface area contributed by atoms with Crippen molar-refractivity contribution in [1.29, 1.82) is 0 Å². The molecule has 0 aromatic heterocycles. The maximum Gasteiger partial charge on any atom is 0.573 e. The molecule has 1 aliphatic rings. The fourth-order valence-corrected chi connectivity index (χ4v) is 3.73. The Balaban J connectivity index is 1.67. The van der Waals surface area contributed by atoms with Crippen LogP contribution in [0.4, 0.5) is 29.3 Å². The van der Waals surface area contributed by atoms with Gasteiger partial charge in [-0.3, -0.25) is 19.8 Å². The van der Waals surface area contributed by atoms with Gasteiger partial charge in [0.05, 0.1) is 10.6 Å². The molecule has 0 bridgehead atoms. The number of rotatable bonds is 8. The molecule has 0 radical (unpaired) electrons. The summed E-state index contributed by atoms with van der Waals surface area (Å²) in [6.07, 6.45) is -5.17. The third-order valence-corrected chi connectivity index (χ3v) is 5.18. The molecule has 0 unspecified atom stereocenters. The van der Waals surface area contributed by atoms with Crippen LogP contribution in [0.5, 0.6) is 5.75 Å². The smallest absolute Gasteiger partial charge is 0.444 e. The van der Waals surface area contributed by atoms with E-state index in [1.54, 1.807) is 0 Å². The highest BCUT2D eigenvalue weighted by Gasteiger charge is 2.48. The molecular formula is C20H19F3N4O6S. The number of hydrogen-bond acceptors (Lipinski definition) is 9. The summed E-state index contributed by atoms with van der Waals surface area (Å²) in [4.78, 5) is 36.0.